The molecule has 21 heavy (non-hydrogen) atoms. The smallest absolute Gasteiger partial charge is 0.133 e. The van der Waals surface area contributed by atoms with E-state index in [1.807, 2.05) is 0 Å². The summed E-state index contributed by atoms with van der Waals surface area (Å²) < 4.78 is 0. The molecule has 0 atom stereocenters. The first-order valence-electron chi connectivity index (χ1n) is 7.72. The molecule has 1 aromatic heterocycles. The van der Waals surface area contributed by atoms with Crippen LogP contribution in [0.4, 0.5) is 5.82 Å². The van der Waals surface area contributed by atoms with E-state index in [2.05, 4.69) is 43.0 Å². The molecule has 3 rings (SSSR count). The highest BCUT2D eigenvalue weighted by Crippen LogP contribution is 2.28. The minimum atomic E-state index is 0.433. The highest BCUT2D eigenvalue weighted by Gasteiger charge is 2.17. The molecular formula is C18H21N3. The number of piperidine rings is 1. The molecule has 2 aromatic rings. The molecule has 2 heterocycles. The van der Waals surface area contributed by atoms with E-state index in [0.29, 0.717) is 6.42 Å². The van der Waals surface area contributed by atoms with Gasteiger partial charge in [-0.25, -0.2) is 4.98 Å². The summed E-state index contributed by atoms with van der Waals surface area (Å²) in [6.07, 6.45) is 4.18. The lowest BCUT2D eigenvalue weighted by molar-refractivity contribution is 0.573. The third-order valence-corrected chi connectivity index (χ3v) is 4.27. The van der Waals surface area contributed by atoms with Crippen LogP contribution < -0.4 is 4.90 Å². The van der Waals surface area contributed by atoms with Gasteiger partial charge < -0.3 is 4.90 Å². The van der Waals surface area contributed by atoms with E-state index in [9.17, 15) is 0 Å². The average molecular weight is 279 g/mol. The van der Waals surface area contributed by atoms with Crippen molar-refractivity contribution in [1.29, 1.82) is 5.26 Å². The Labute approximate surface area is 126 Å². The highest BCUT2D eigenvalue weighted by molar-refractivity contribution is 5.85. The Hall–Kier alpha value is -2.08. The van der Waals surface area contributed by atoms with Gasteiger partial charge in [-0.3, -0.25) is 0 Å². The van der Waals surface area contributed by atoms with Crippen LogP contribution in [0.1, 0.15) is 36.0 Å². The molecule has 0 N–H and O–H groups in total. The lowest BCUT2D eigenvalue weighted by atomic mass is 10.0. The lowest BCUT2D eigenvalue weighted by Gasteiger charge is -2.29. The Morgan fingerprint density at radius 1 is 1.14 bits per heavy atom. The van der Waals surface area contributed by atoms with Crippen molar-refractivity contribution in [2.45, 2.75) is 39.5 Å². The molecule has 0 saturated carbocycles. The Bertz CT molecular complexity index is 706. The summed E-state index contributed by atoms with van der Waals surface area (Å²) >= 11 is 0. The maximum Gasteiger partial charge on any atom is 0.133 e. The van der Waals surface area contributed by atoms with Crippen molar-refractivity contribution in [3.8, 4) is 6.07 Å². The first-order valence-corrected chi connectivity index (χ1v) is 7.72. The van der Waals surface area contributed by atoms with Gasteiger partial charge in [0.05, 0.1) is 18.0 Å². The van der Waals surface area contributed by atoms with Crippen LogP contribution in [0.2, 0.25) is 0 Å². The summed E-state index contributed by atoms with van der Waals surface area (Å²) in [4.78, 5) is 7.27. The Kier molecular flexibility index (Phi) is 3.79. The Balaban J connectivity index is 2.16. The molecule has 1 aliphatic rings. The highest BCUT2D eigenvalue weighted by atomic mass is 15.2. The van der Waals surface area contributed by atoms with E-state index in [-0.39, 0.29) is 0 Å². The third kappa shape index (κ3) is 2.71. The number of pyridine rings is 1. The fraction of sp³-hybridized carbons (Fsp3) is 0.444. The number of aromatic nitrogens is 1. The molecule has 0 amide bonds. The van der Waals surface area contributed by atoms with E-state index in [1.54, 1.807) is 0 Å². The predicted octanol–water partition coefficient (Wildman–Crippen LogP) is 3.91. The van der Waals surface area contributed by atoms with Gasteiger partial charge in [0.2, 0.25) is 0 Å². The largest absolute Gasteiger partial charge is 0.356 e. The van der Waals surface area contributed by atoms with Gasteiger partial charge in [0, 0.05) is 24.0 Å². The number of nitrogens with zero attached hydrogens (tertiary/aromatic N) is 3. The summed E-state index contributed by atoms with van der Waals surface area (Å²) in [5, 5.41) is 10.3. The zero-order chi connectivity index (χ0) is 14.8. The molecule has 1 saturated heterocycles. The molecule has 0 radical (unpaired) electrons. The van der Waals surface area contributed by atoms with Gasteiger partial charge in [-0.15, -0.1) is 0 Å². The molecular weight excluding hydrogens is 258 g/mol. The Morgan fingerprint density at radius 2 is 1.90 bits per heavy atom. The van der Waals surface area contributed by atoms with Crippen molar-refractivity contribution in [3.05, 3.63) is 34.9 Å². The standard InChI is InChI=1S/C18H21N3/c1-13-10-14(2)16-12-15(6-7-19)18(20-17(16)11-13)21-8-4-3-5-9-21/h10-12H,3-6,8-9H2,1-2H3. The summed E-state index contributed by atoms with van der Waals surface area (Å²) in [6, 6.07) is 8.79. The fourth-order valence-corrected chi connectivity index (χ4v) is 3.26. The minimum absolute atomic E-state index is 0.433. The van der Waals surface area contributed by atoms with Crippen LogP contribution in [0.25, 0.3) is 10.9 Å². The monoisotopic (exact) mass is 279 g/mol. The summed E-state index contributed by atoms with van der Waals surface area (Å²) in [5.74, 6) is 1.02. The van der Waals surface area contributed by atoms with Crippen molar-refractivity contribution < 1.29 is 0 Å². The van der Waals surface area contributed by atoms with E-state index < -0.39 is 0 Å². The number of hydrogen-bond acceptors (Lipinski definition) is 3. The summed E-state index contributed by atoms with van der Waals surface area (Å²) in [5.41, 5.74) is 4.60. The molecule has 108 valence electrons. The van der Waals surface area contributed by atoms with Gasteiger partial charge in [-0.05, 0) is 56.4 Å². The van der Waals surface area contributed by atoms with Crippen LogP contribution in [0.3, 0.4) is 0 Å². The average Bonchev–Trinajstić information content (AvgIpc) is 2.48. The summed E-state index contributed by atoms with van der Waals surface area (Å²) in [7, 11) is 0. The minimum Gasteiger partial charge on any atom is -0.356 e. The number of benzene rings is 1. The maximum atomic E-state index is 9.13. The lowest BCUT2D eigenvalue weighted by Crippen LogP contribution is -2.31. The molecule has 0 unspecified atom stereocenters. The van der Waals surface area contributed by atoms with E-state index in [0.717, 1.165) is 30.0 Å². The number of anilines is 1. The van der Waals surface area contributed by atoms with Gasteiger partial charge in [0.1, 0.15) is 5.82 Å². The molecule has 0 bridgehead atoms. The second kappa shape index (κ2) is 5.73. The van der Waals surface area contributed by atoms with Gasteiger partial charge in [0.15, 0.2) is 0 Å². The summed E-state index contributed by atoms with van der Waals surface area (Å²) in [6.45, 7) is 6.34. The van der Waals surface area contributed by atoms with Gasteiger partial charge in [-0.2, -0.15) is 5.26 Å². The normalized spacial score (nSPS) is 15.2. The van der Waals surface area contributed by atoms with Crippen LogP contribution in [0.5, 0.6) is 0 Å². The third-order valence-electron chi connectivity index (χ3n) is 4.27. The topological polar surface area (TPSA) is 39.9 Å². The number of hydrogen-bond donors (Lipinski definition) is 0. The van der Waals surface area contributed by atoms with Crippen LogP contribution in [0, 0.1) is 25.2 Å². The number of fused-ring (bicyclic) bond motifs is 1. The molecule has 3 heteroatoms. The van der Waals surface area contributed by atoms with E-state index in [1.165, 1.54) is 35.8 Å². The van der Waals surface area contributed by atoms with Crippen molar-refractivity contribution in [1.82, 2.24) is 4.98 Å². The predicted molar refractivity (Wildman–Crippen MR) is 86.6 cm³/mol. The van der Waals surface area contributed by atoms with Crippen molar-refractivity contribution >= 4 is 16.7 Å². The zero-order valence-corrected chi connectivity index (χ0v) is 12.8. The molecule has 1 aliphatic heterocycles. The Morgan fingerprint density at radius 3 is 2.62 bits per heavy atom. The molecule has 3 nitrogen and oxygen atoms in total. The van der Waals surface area contributed by atoms with E-state index >= 15 is 0 Å². The molecule has 1 fully saturated rings. The van der Waals surface area contributed by atoms with Crippen molar-refractivity contribution in [2.75, 3.05) is 18.0 Å². The number of nitriles is 1. The first-order chi connectivity index (χ1) is 10.2. The van der Waals surface area contributed by atoms with Crippen LogP contribution in [0.15, 0.2) is 18.2 Å². The molecule has 1 aromatic carbocycles. The van der Waals surface area contributed by atoms with Crippen LogP contribution in [-0.2, 0) is 6.42 Å². The fourth-order valence-electron chi connectivity index (χ4n) is 3.26. The number of aryl methyl sites for hydroxylation is 2. The molecule has 0 aliphatic carbocycles. The quantitative estimate of drug-likeness (QED) is 0.836. The van der Waals surface area contributed by atoms with Gasteiger partial charge in [0.25, 0.3) is 0 Å². The van der Waals surface area contributed by atoms with Crippen LogP contribution >= 0.6 is 0 Å². The maximum absolute atomic E-state index is 9.13. The second-order valence-electron chi connectivity index (χ2n) is 6.00. The van der Waals surface area contributed by atoms with Crippen molar-refractivity contribution in [2.24, 2.45) is 0 Å². The SMILES string of the molecule is Cc1cc(C)c2cc(CC#N)c(N3CCCCC3)nc2c1. The van der Waals surface area contributed by atoms with E-state index in [4.69, 9.17) is 10.2 Å². The second-order valence-corrected chi connectivity index (χ2v) is 6.00. The van der Waals surface area contributed by atoms with Gasteiger partial charge >= 0.3 is 0 Å². The van der Waals surface area contributed by atoms with Crippen LogP contribution in [-0.4, -0.2) is 18.1 Å². The zero-order valence-electron chi connectivity index (χ0n) is 12.8. The number of rotatable bonds is 2. The molecule has 0 spiro atoms. The van der Waals surface area contributed by atoms with Gasteiger partial charge in [-0.1, -0.05) is 6.07 Å². The van der Waals surface area contributed by atoms with Crippen molar-refractivity contribution in [3.63, 3.8) is 0 Å². The first kappa shape index (κ1) is 13.9.